The molecule has 2 N–H and O–H groups in total. The quantitative estimate of drug-likeness (QED) is 0.698. The molecule has 72 valence electrons. The first-order valence-electron chi connectivity index (χ1n) is 4.15. The largest absolute Gasteiger partial charge is 0.465 e. The van der Waals surface area contributed by atoms with Crippen molar-refractivity contribution in [2.45, 2.75) is 13.8 Å². The zero-order valence-electron chi connectivity index (χ0n) is 7.95. The Morgan fingerprint density at radius 3 is 2.08 bits per heavy atom. The highest BCUT2D eigenvalue weighted by atomic mass is 16.4. The topological polar surface area (TPSA) is 49.3 Å². The average Bonchev–Trinajstić information content (AvgIpc) is 2.06. The molecule has 1 aromatic carbocycles. The normalized spacial score (nSPS) is 8.15. The van der Waals surface area contributed by atoms with Crippen molar-refractivity contribution in [2.24, 2.45) is 0 Å². The van der Waals surface area contributed by atoms with Gasteiger partial charge in [-0.3, -0.25) is 0 Å². The first-order chi connectivity index (χ1) is 6.16. The van der Waals surface area contributed by atoms with Gasteiger partial charge in [-0.1, -0.05) is 35.9 Å². The Bertz CT molecular complexity index is 234. The van der Waals surface area contributed by atoms with Crippen molar-refractivity contribution >= 4 is 6.09 Å². The third kappa shape index (κ3) is 8.40. The number of rotatable bonds is 1. The molecule has 0 radical (unpaired) electrons. The summed E-state index contributed by atoms with van der Waals surface area (Å²) >= 11 is 0. The Kier molecular flexibility index (Phi) is 6.32. The molecule has 0 aliphatic rings. The predicted molar refractivity (Wildman–Crippen MR) is 52.9 cm³/mol. The smallest absolute Gasteiger partial charge is 0.404 e. The summed E-state index contributed by atoms with van der Waals surface area (Å²) in [7, 11) is 0. The number of benzene rings is 1. The lowest BCUT2D eigenvalue weighted by Crippen LogP contribution is -2.19. The van der Waals surface area contributed by atoms with E-state index in [1.54, 1.807) is 6.92 Å². The highest BCUT2D eigenvalue weighted by Crippen LogP contribution is 1.92. The van der Waals surface area contributed by atoms with Gasteiger partial charge < -0.3 is 10.4 Å². The second-order valence-corrected chi connectivity index (χ2v) is 2.49. The second-order valence-electron chi connectivity index (χ2n) is 2.49. The van der Waals surface area contributed by atoms with Crippen molar-refractivity contribution < 1.29 is 9.90 Å². The van der Waals surface area contributed by atoms with Gasteiger partial charge in [0.15, 0.2) is 0 Å². The lowest BCUT2D eigenvalue weighted by molar-refractivity contribution is 0.195. The van der Waals surface area contributed by atoms with Gasteiger partial charge in [-0.25, -0.2) is 4.79 Å². The van der Waals surface area contributed by atoms with Crippen LogP contribution in [-0.4, -0.2) is 17.7 Å². The minimum Gasteiger partial charge on any atom is -0.465 e. The molecule has 0 aromatic heterocycles. The van der Waals surface area contributed by atoms with Gasteiger partial charge in [-0.15, -0.1) is 0 Å². The summed E-state index contributed by atoms with van der Waals surface area (Å²) in [6, 6.07) is 10.3. The molecule has 0 heterocycles. The van der Waals surface area contributed by atoms with E-state index in [1.165, 1.54) is 5.56 Å². The highest BCUT2D eigenvalue weighted by molar-refractivity contribution is 5.64. The van der Waals surface area contributed by atoms with Crippen LogP contribution in [0.15, 0.2) is 30.3 Å². The number of aryl methyl sites for hydroxylation is 1. The molecule has 0 atom stereocenters. The second kappa shape index (κ2) is 7.16. The van der Waals surface area contributed by atoms with Crippen molar-refractivity contribution in [3.63, 3.8) is 0 Å². The molecule has 0 saturated carbocycles. The van der Waals surface area contributed by atoms with Gasteiger partial charge in [0, 0.05) is 6.54 Å². The van der Waals surface area contributed by atoms with E-state index in [9.17, 15) is 4.79 Å². The maximum absolute atomic E-state index is 9.49. The van der Waals surface area contributed by atoms with Crippen molar-refractivity contribution in [2.75, 3.05) is 6.54 Å². The van der Waals surface area contributed by atoms with Crippen molar-refractivity contribution in [1.29, 1.82) is 0 Å². The van der Waals surface area contributed by atoms with E-state index in [0.29, 0.717) is 6.54 Å². The molecule has 0 unspecified atom stereocenters. The molecule has 1 amide bonds. The Balaban J connectivity index is 0.000000226. The molecule has 1 aromatic rings. The van der Waals surface area contributed by atoms with Gasteiger partial charge in [0.25, 0.3) is 0 Å². The molecule has 0 aliphatic heterocycles. The molecule has 3 heteroatoms. The zero-order chi connectivity index (χ0) is 10.1. The van der Waals surface area contributed by atoms with Gasteiger partial charge in [0.05, 0.1) is 0 Å². The molecule has 0 spiro atoms. The maximum atomic E-state index is 9.49. The summed E-state index contributed by atoms with van der Waals surface area (Å²) in [6.45, 7) is 4.30. The van der Waals surface area contributed by atoms with Crippen LogP contribution in [0.3, 0.4) is 0 Å². The van der Waals surface area contributed by atoms with Gasteiger partial charge in [0.2, 0.25) is 0 Å². The van der Waals surface area contributed by atoms with Crippen LogP contribution < -0.4 is 5.32 Å². The number of carboxylic acid groups (broad SMARTS) is 1. The molecular weight excluding hydrogens is 166 g/mol. The fourth-order valence-corrected chi connectivity index (χ4v) is 0.686. The van der Waals surface area contributed by atoms with Crippen LogP contribution in [0.25, 0.3) is 0 Å². The van der Waals surface area contributed by atoms with Crippen molar-refractivity contribution in [3.05, 3.63) is 35.9 Å². The standard InChI is InChI=1S/C7H8.C3H7NO2/c1-7-5-3-2-4-6-7;1-2-4-3(5)6/h2-6H,1H3;4H,2H2,1H3,(H,5,6). The minimum absolute atomic E-state index is 0.481. The van der Waals surface area contributed by atoms with Gasteiger partial charge >= 0.3 is 6.09 Å². The van der Waals surface area contributed by atoms with Crippen molar-refractivity contribution in [1.82, 2.24) is 5.32 Å². The van der Waals surface area contributed by atoms with Gasteiger partial charge in [-0.05, 0) is 13.8 Å². The fourth-order valence-electron chi connectivity index (χ4n) is 0.686. The van der Waals surface area contributed by atoms with Gasteiger partial charge in [-0.2, -0.15) is 0 Å². The first kappa shape index (κ1) is 11.5. The molecule has 0 saturated heterocycles. The van der Waals surface area contributed by atoms with Crippen molar-refractivity contribution in [3.8, 4) is 0 Å². The minimum atomic E-state index is -0.961. The number of amides is 1. The van der Waals surface area contributed by atoms with E-state index in [1.807, 2.05) is 18.2 Å². The number of hydrogen-bond acceptors (Lipinski definition) is 1. The summed E-state index contributed by atoms with van der Waals surface area (Å²) in [5, 5.41) is 9.93. The molecule has 13 heavy (non-hydrogen) atoms. The monoisotopic (exact) mass is 181 g/mol. The zero-order valence-corrected chi connectivity index (χ0v) is 7.95. The Morgan fingerprint density at radius 1 is 1.38 bits per heavy atom. The third-order valence-corrected chi connectivity index (χ3v) is 1.27. The Hall–Kier alpha value is -1.51. The summed E-state index contributed by atoms with van der Waals surface area (Å²) in [4.78, 5) is 9.49. The van der Waals surface area contributed by atoms with E-state index in [4.69, 9.17) is 5.11 Å². The van der Waals surface area contributed by atoms with Crippen LogP contribution in [0.4, 0.5) is 4.79 Å². The summed E-state index contributed by atoms with van der Waals surface area (Å²) in [5.74, 6) is 0. The molecule has 1 rings (SSSR count). The Labute approximate surface area is 78.4 Å². The molecular formula is C10H15NO2. The number of carbonyl (C=O) groups is 1. The van der Waals surface area contributed by atoms with Crippen LogP contribution in [0.5, 0.6) is 0 Å². The number of nitrogens with one attached hydrogen (secondary N) is 1. The lowest BCUT2D eigenvalue weighted by atomic mass is 10.2. The van der Waals surface area contributed by atoms with Crippen LogP contribution in [0.1, 0.15) is 12.5 Å². The van der Waals surface area contributed by atoms with Gasteiger partial charge in [0.1, 0.15) is 0 Å². The van der Waals surface area contributed by atoms with E-state index in [-0.39, 0.29) is 0 Å². The molecule has 3 nitrogen and oxygen atoms in total. The van der Waals surface area contributed by atoms with E-state index in [0.717, 1.165) is 0 Å². The third-order valence-electron chi connectivity index (χ3n) is 1.27. The summed E-state index contributed by atoms with van der Waals surface area (Å²) in [6.07, 6.45) is -0.961. The van der Waals surface area contributed by atoms with Crippen LogP contribution in [0, 0.1) is 6.92 Å². The number of hydrogen-bond donors (Lipinski definition) is 2. The van der Waals surface area contributed by atoms with E-state index in [2.05, 4.69) is 24.4 Å². The van der Waals surface area contributed by atoms with E-state index >= 15 is 0 Å². The predicted octanol–water partition coefficient (Wildman–Crippen LogP) is 2.27. The van der Waals surface area contributed by atoms with Crippen LogP contribution >= 0.6 is 0 Å². The molecule has 0 aliphatic carbocycles. The maximum Gasteiger partial charge on any atom is 0.404 e. The molecule has 0 bridgehead atoms. The fraction of sp³-hybridized carbons (Fsp3) is 0.300. The summed E-state index contributed by atoms with van der Waals surface area (Å²) in [5.41, 5.74) is 1.32. The van der Waals surface area contributed by atoms with Crippen LogP contribution in [0.2, 0.25) is 0 Å². The highest BCUT2D eigenvalue weighted by Gasteiger charge is 1.83. The Morgan fingerprint density at radius 2 is 1.92 bits per heavy atom. The average molecular weight is 181 g/mol. The molecule has 0 fully saturated rings. The summed E-state index contributed by atoms with van der Waals surface area (Å²) < 4.78 is 0. The first-order valence-corrected chi connectivity index (χ1v) is 4.15. The van der Waals surface area contributed by atoms with Crippen LogP contribution in [-0.2, 0) is 0 Å². The van der Waals surface area contributed by atoms with E-state index < -0.39 is 6.09 Å². The SMILES string of the molecule is CCNC(=O)O.Cc1ccccc1. The lowest BCUT2D eigenvalue weighted by Gasteiger charge is -1.87.